The Hall–Kier alpha value is -3.67. The number of hydrogen-bond acceptors (Lipinski definition) is 3. The Morgan fingerprint density at radius 3 is 2.70 bits per heavy atom. The molecule has 0 aliphatic heterocycles. The fourth-order valence-corrected chi connectivity index (χ4v) is 4.39. The van der Waals surface area contributed by atoms with Crippen LogP contribution in [0, 0.1) is 0 Å². The Balaban J connectivity index is 1.48. The van der Waals surface area contributed by atoms with Crippen molar-refractivity contribution < 1.29 is 0 Å². The van der Waals surface area contributed by atoms with Gasteiger partial charge in [0.05, 0.1) is 18.0 Å². The molecular weight excluding hydrogens is 376 g/mol. The number of H-pyrrole nitrogens is 2. The minimum absolute atomic E-state index is 0.115. The van der Waals surface area contributed by atoms with Gasteiger partial charge in [0.15, 0.2) is 0 Å². The van der Waals surface area contributed by atoms with Crippen LogP contribution in [-0.2, 0) is 6.42 Å². The molecule has 0 fully saturated rings. The molecule has 1 atom stereocenters. The van der Waals surface area contributed by atoms with Crippen molar-refractivity contribution in [2.75, 3.05) is 0 Å². The van der Waals surface area contributed by atoms with E-state index in [4.69, 9.17) is 0 Å². The Kier molecular flexibility index (Phi) is 4.67. The molecule has 5 rings (SSSR count). The number of nitrogens with zero attached hydrogens (tertiary/aromatic N) is 2. The molecule has 30 heavy (non-hydrogen) atoms. The number of aromatic amines is 2. The Morgan fingerprint density at radius 2 is 1.90 bits per heavy atom. The minimum Gasteiger partial charge on any atom is -0.311 e. The molecule has 0 radical (unpaired) electrons. The molecule has 0 saturated heterocycles. The van der Waals surface area contributed by atoms with E-state index in [0.29, 0.717) is 12.0 Å². The highest BCUT2D eigenvalue weighted by molar-refractivity contribution is 5.67. The average Bonchev–Trinajstić information content (AvgIpc) is 3.25. The minimum atomic E-state index is -0.440. The molecule has 1 aromatic carbocycles. The lowest BCUT2D eigenvalue weighted by Crippen LogP contribution is -2.30. The van der Waals surface area contributed by atoms with Gasteiger partial charge in [-0.15, -0.1) is 0 Å². The van der Waals surface area contributed by atoms with Crippen LogP contribution in [0.5, 0.6) is 0 Å². The fraction of sp³-hybridized carbons (Fsp3) is 0.208. The molecule has 3 aromatic heterocycles. The molecule has 150 valence electrons. The van der Waals surface area contributed by atoms with Crippen molar-refractivity contribution in [3.05, 3.63) is 110 Å². The lowest BCUT2D eigenvalue weighted by molar-refractivity contribution is 0.595. The number of allylic oxidation sites excluding steroid dienone is 2. The number of imidazole rings is 1. The zero-order valence-electron chi connectivity index (χ0n) is 16.5. The summed E-state index contributed by atoms with van der Waals surface area (Å²) in [6.45, 7) is 0. The van der Waals surface area contributed by atoms with E-state index in [1.165, 1.54) is 5.57 Å². The number of rotatable bonds is 4. The second kappa shape index (κ2) is 7.63. The maximum absolute atomic E-state index is 12.6. The topological polar surface area (TPSA) is 83.0 Å². The summed E-state index contributed by atoms with van der Waals surface area (Å²) in [5.74, 6) is 0.115. The summed E-state index contributed by atoms with van der Waals surface area (Å²) in [4.78, 5) is 34.2. The lowest BCUT2D eigenvalue weighted by atomic mass is 9.83. The second-order valence-corrected chi connectivity index (χ2v) is 7.76. The Labute approximate surface area is 173 Å². The number of benzene rings is 1. The van der Waals surface area contributed by atoms with E-state index in [1.54, 1.807) is 0 Å². The third-order valence-corrected chi connectivity index (χ3v) is 5.89. The summed E-state index contributed by atoms with van der Waals surface area (Å²) in [6, 6.07) is 16.1. The number of aromatic nitrogens is 4. The van der Waals surface area contributed by atoms with Crippen molar-refractivity contribution in [1.82, 2.24) is 19.4 Å². The molecule has 0 spiro atoms. The van der Waals surface area contributed by atoms with Crippen LogP contribution in [0.25, 0.3) is 11.1 Å². The van der Waals surface area contributed by atoms with Gasteiger partial charge >= 0.3 is 5.69 Å². The summed E-state index contributed by atoms with van der Waals surface area (Å²) >= 11 is 0. The van der Waals surface area contributed by atoms with Gasteiger partial charge in [-0.1, -0.05) is 42.5 Å². The van der Waals surface area contributed by atoms with E-state index in [1.807, 2.05) is 55.0 Å². The standard InChI is InChI=1S/C24H22N4O2/c29-23-20(13-16-5-2-1-3-6-16)22(26-24(30)27-23)18-11-9-17(10-12-18)21-8-4-7-19-14-25-15-28(19)21/h1-9,14-15,18H,10-13H2,(H2,26,27,29,30). The van der Waals surface area contributed by atoms with Gasteiger partial charge in [0.2, 0.25) is 0 Å². The number of pyridine rings is 1. The van der Waals surface area contributed by atoms with Crippen molar-refractivity contribution in [2.45, 2.75) is 31.6 Å². The third kappa shape index (κ3) is 3.41. The zero-order chi connectivity index (χ0) is 20.5. The molecule has 6 heteroatoms. The highest BCUT2D eigenvalue weighted by atomic mass is 16.2. The van der Waals surface area contributed by atoms with Crippen LogP contribution in [0.2, 0.25) is 0 Å². The van der Waals surface area contributed by atoms with Gasteiger partial charge in [0, 0.05) is 29.3 Å². The van der Waals surface area contributed by atoms with E-state index >= 15 is 0 Å². The first-order valence-electron chi connectivity index (χ1n) is 10.2. The molecule has 0 saturated carbocycles. The molecule has 0 bridgehead atoms. The molecule has 4 aromatic rings. The van der Waals surface area contributed by atoms with Crippen molar-refractivity contribution in [3.63, 3.8) is 0 Å². The SMILES string of the molecule is O=c1[nH]c(C2CC=C(c3cccc4cncn34)CC2)c(Cc2ccccc2)c(=O)[nH]1. The van der Waals surface area contributed by atoms with Crippen LogP contribution in [0.1, 0.15) is 47.7 Å². The van der Waals surface area contributed by atoms with Crippen LogP contribution in [0.3, 0.4) is 0 Å². The van der Waals surface area contributed by atoms with Crippen molar-refractivity contribution in [1.29, 1.82) is 0 Å². The fourth-order valence-electron chi connectivity index (χ4n) is 4.39. The molecule has 1 unspecified atom stereocenters. The molecule has 6 nitrogen and oxygen atoms in total. The summed E-state index contributed by atoms with van der Waals surface area (Å²) in [7, 11) is 0. The average molecular weight is 398 g/mol. The summed E-state index contributed by atoms with van der Waals surface area (Å²) in [5, 5.41) is 0. The normalized spacial score (nSPS) is 16.5. The first-order valence-corrected chi connectivity index (χ1v) is 10.2. The highest BCUT2D eigenvalue weighted by Crippen LogP contribution is 2.36. The first-order chi connectivity index (χ1) is 14.7. The van der Waals surface area contributed by atoms with E-state index in [-0.39, 0.29) is 11.5 Å². The molecule has 2 N–H and O–H groups in total. The summed E-state index contributed by atoms with van der Waals surface area (Å²) in [6.07, 6.45) is 8.95. The first kappa shape index (κ1) is 18.4. The largest absolute Gasteiger partial charge is 0.325 e. The van der Waals surface area contributed by atoms with Crippen molar-refractivity contribution in [2.24, 2.45) is 0 Å². The van der Waals surface area contributed by atoms with Crippen LogP contribution in [0.15, 0.2) is 76.7 Å². The van der Waals surface area contributed by atoms with Gasteiger partial charge in [-0.05, 0) is 42.5 Å². The number of fused-ring (bicyclic) bond motifs is 1. The molecule has 0 amide bonds. The van der Waals surface area contributed by atoms with Crippen LogP contribution >= 0.6 is 0 Å². The maximum Gasteiger partial charge on any atom is 0.325 e. The van der Waals surface area contributed by atoms with E-state index in [0.717, 1.165) is 41.7 Å². The molecule has 1 aliphatic rings. The van der Waals surface area contributed by atoms with E-state index in [2.05, 4.69) is 31.5 Å². The summed E-state index contributed by atoms with van der Waals surface area (Å²) in [5.41, 5.74) is 5.22. The maximum atomic E-state index is 12.6. The van der Waals surface area contributed by atoms with Gasteiger partial charge in [-0.2, -0.15) is 0 Å². The molecule has 1 aliphatic carbocycles. The number of hydrogen-bond donors (Lipinski definition) is 2. The van der Waals surface area contributed by atoms with Crippen LogP contribution in [-0.4, -0.2) is 19.4 Å². The third-order valence-electron chi connectivity index (χ3n) is 5.89. The number of nitrogens with one attached hydrogen (secondary N) is 2. The quantitative estimate of drug-likeness (QED) is 0.550. The van der Waals surface area contributed by atoms with Gasteiger partial charge in [-0.25, -0.2) is 9.78 Å². The highest BCUT2D eigenvalue weighted by Gasteiger charge is 2.23. The van der Waals surface area contributed by atoms with Gasteiger partial charge < -0.3 is 4.98 Å². The van der Waals surface area contributed by atoms with E-state index < -0.39 is 5.69 Å². The van der Waals surface area contributed by atoms with Gasteiger partial charge in [-0.3, -0.25) is 14.2 Å². The molecule has 3 heterocycles. The van der Waals surface area contributed by atoms with Crippen molar-refractivity contribution >= 4 is 11.1 Å². The monoisotopic (exact) mass is 398 g/mol. The van der Waals surface area contributed by atoms with Crippen molar-refractivity contribution in [3.8, 4) is 0 Å². The predicted molar refractivity (Wildman–Crippen MR) is 117 cm³/mol. The summed E-state index contributed by atoms with van der Waals surface area (Å²) < 4.78 is 2.10. The smallest absolute Gasteiger partial charge is 0.311 e. The van der Waals surface area contributed by atoms with Crippen LogP contribution < -0.4 is 11.2 Å². The molecular formula is C24H22N4O2. The zero-order valence-corrected chi connectivity index (χ0v) is 16.5. The van der Waals surface area contributed by atoms with Gasteiger partial charge in [0.1, 0.15) is 0 Å². The second-order valence-electron chi connectivity index (χ2n) is 7.76. The Morgan fingerprint density at radius 1 is 1.03 bits per heavy atom. The predicted octanol–water partition coefficient (Wildman–Crippen LogP) is 3.65. The Bertz CT molecular complexity index is 1340. The van der Waals surface area contributed by atoms with Crippen LogP contribution in [0.4, 0.5) is 0 Å². The van der Waals surface area contributed by atoms with Gasteiger partial charge in [0.25, 0.3) is 5.56 Å². The van der Waals surface area contributed by atoms with E-state index in [9.17, 15) is 9.59 Å². The lowest BCUT2D eigenvalue weighted by Gasteiger charge is -2.24.